The van der Waals surface area contributed by atoms with Gasteiger partial charge in [-0.3, -0.25) is 4.79 Å². The van der Waals surface area contributed by atoms with Crippen LogP contribution in [0.5, 0.6) is 0 Å². The minimum Gasteiger partial charge on any atom is -0.462 e. The number of amides is 1. The van der Waals surface area contributed by atoms with Crippen LogP contribution in [0.2, 0.25) is 0 Å². The van der Waals surface area contributed by atoms with E-state index in [9.17, 15) is 14.4 Å². The van der Waals surface area contributed by atoms with Gasteiger partial charge in [0, 0.05) is 13.0 Å². The fourth-order valence-electron chi connectivity index (χ4n) is 3.19. The van der Waals surface area contributed by atoms with Crippen LogP contribution >= 0.6 is 11.3 Å². The number of anilines is 1. The van der Waals surface area contributed by atoms with Crippen LogP contribution in [0.4, 0.5) is 5.00 Å². The van der Waals surface area contributed by atoms with Crippen molar-refractivity contribution < 1.29 is 28.6 Å². The minimum atomic E-state index is -0.586. The van der Waals surface area contributed by atoms with Crippen LogP contribution in [0.25, 0.3) is 0 Å². The lowest BCUT2D eigenvalue weighted by Crippen LogP contribution is -2.27. The average molecular weight is 432 g/mol. The van der Waals surface area contributed by atoms with Crippen LogP contribution in [0, 0.1) is 6.92 Å². The molecule has 7 nitrogen and oxygen atoms in total. The maximum absolute atomic E-state index is 12.6. The Kier molecular flexibility index (Phi) is 7.59. The van der Waals surface area contributed by atoms with E-state index in [1.165, 1.54) is 0 Å². The van der Waals surface area contributed by atoms with Crippen LogP contribution in [0.15, 0.2) is 30.3 Å². The first-order valence-corrected chi connectivity index (χ1v) is 10.8. The first kappa shape index (κ1) is 22.0. The number of esters is 2. The van der Waals surface area contributed by atoms with E-state index < -0.39 is 18.0 Å². The molecule has 1 fully saturated rings. The summed E-state index contributed by atoms with van der Waals surface area (Å²) in [5.41, 5.74) is 1.68. The molecule has 160 valence electrons. The zero-order valence-electron chi connectivity index (χ0n) is 17.1. The lowest BCUT2D eigenvalue weighted by atomic mass is 10.1. The van der Waals surface area contributed by atoms with Gasteiger partial charge >= 0.3 is 11.9 Å². The van der Waals surface area contributed by atoms with Crippen LogP contribution in [-0.4, -0.2) is 43.8 Å². The molecule has 2 aromatic rings. The number of nitrogens with one attached hydrogen (secondary N) is 1. The summed E-state index contributed by atoms with van der Waals surface area (Å²) >= 11 is 1.02. The zero-order chi connectivity index (χ0) is 21.5. The van der Waals surface area contributed by atoms with Crippen molar-refractivity contribution in [2.45, 2.75) is 39.2 Å². The number of hydrogen-bond acceptors (Lipinski definition) is 7. The van der Waals surface area contributed by atoms with Gasteiger partial charge < -0.3 is 19.5 Å². The van der Waals surface area contributed by atoms with Crippen LogP contribution < -0.4 is 5.32 Å². The number of rotatable bonds is 8. The Morgan fingerprint density at radius 1 is 1.17 bits per heavy atom. The molecule has 1 aliphatic heterocycles. The van der Waals surface area contributed by atoms with Crippen molar-refractivity contribution in [1.29, 1.82) is 0 Å². The summed E-state index contributed by atoms with van der Waals surface area (Å²) < 4.78 is 15.9. The van der Waals surface area contributed by atoms with Crippen molar-refractivity contribution in [2.24, 2.45) is 0 Å². The number of benzene rings is 1. The number of carbonyl (C=O) groups excluding carboxylic acids is 3. The van der Waals surface area contributed by atoms with Crippen molar-refractivity contribution in [3.8, 4) is 0 Å². The minimum absolute atomic E-state index is 0.184. The van der Waals surface area contributed by atoms with Gasteiger partial charge in [0.25, 0.3) is 5.91 Å². The van der Waals surface area contributed by atoms with E-state index >= 15 is 0 Å². The van der Waals surface area contributed by atoms with Crippen molar-refractivity contribution in [1.82, 2.24) is 0 Å². The summed E-state index contributed by atoms with van der Waals surface area (Å²) in [5, 5.41) is 3.01. The van der Waals surface area contributed by atoms with Crippen molar-refractivity contribution in [3.63, 3.8) is 0 Å². The fourth-order valence-corrected chi connectivity index (χ4v) is 4.29. The smallest absolute Gasteiger partial charge is 0.348 e. The molecule has 1 atom stereocenters. The van der Waals surface area contributed by atoms with Gasteiger partial charge in [-0.2, -0.15) is 0 Å². The van der Waals surface area contributed by atoms with Crippen molar-refractivity contribution in [3.05, 3.63) is 51.9 Å². The van der Waals surface area contributed by atoms with Gasteiger partial charge in [0.1, 0.15) is 16.0 Å². The van der Waals surface area contributed by atoms with E-state index in [1.807, 2.05) is 30.3 Å². The van der Waals surface area contributed by atoms with Crippen LogP contribution in [0.3, 0.4) is 0 Å². The van der Waals surface area contributed by atoms with Gasteiger partial charge in [-0.1, -0.05) is 30.3 Å². The predicted octanol–water partition coefficient (Wildman–Crippen LogP) is 3.75. The van der Waals surface area contributed by atoms with Gasteiger partial charge in [0.15, 0.2) is 0 Å². The second kappa shape index (κ2) is 10.4. The van der Waals surface area contributed by atoms with E-state index in [-0.39, 0.29) is 34.6 Å². The molecule has 1 aromatic carbocycles. The highest BCUT2D eigenvalue weighted by Crippen LogP contribution is 2.35. The molecule has 3 rings (SSSR count). The highest BCUT2D eigenvalue weighted by molar-refractivity contribution is 7.18. The standard InChI is InChI=1S/C22H25NO6S/c1-3-27-21(25)17-14(2)18(22(26)29-13-11-15-8-5-4-6-9-15)30-20(17)23-19(24)16-10-7-12-28-16/h4-6,8-9,16H,3,7,10-13H2,1-2H3,(H,23,24). The molecule has 0 saturated carbocycles. The molecule has 0 radical (unpaired) electrons. The first-order chi connectivity index (χ1) is 14.5. The molecule has 0 aliphatic carbocycles. The average Bonchev–Trinajstić information content (AvgIpc) is 3.37. The van der Waals surface area contributed by atoms with Gasteiger partial charge in [-0.15, -0.1) is 11.3 Å². The molecule has 1 aliphatic rings. The monoisotopic (exact) mass is 431 g/mol. The topological polar surface area (TPSA) is 90.9 Å². The molecule has 1 N–H and O–H groups in total. The van der Waals surface area contributed by atoms with E-state index in [1.54, 1.807) is 13.8 Å². The van der Waals surface area contributed by atoms with Gasteiger partial charge in [0.2, 0.25) is 0 Å². The first-order valence-electron chi connectivity index (χ1n) is 9.95. The second-order valence-electron chi connectivity index (χ2n) is 6.84. The number of thiophene rings is 1. The Balaban J connectivity index is 1.75. The molecule has 8 heteroatoms. The molecular formula is C22H25NO6S. The zero-order valence-corrected chi connectivity index (χ0v) is 17.9. The van der Waals surface area contributed by atoms with Gasteiger partial charge in [0.05, 0.1) is 18.8 Å². The van der Waals surface area contributed by atoms with E-state index in [0.29, 0.717) is 25.0 Å². The third-order valence-corrected chi connectivity index (χ3v) is 5.92. The summed E-state index contributed by atoms with van der Waals surface area (Å²) in [7, 11) is 0. The Hall–Kier alpha value is -2.71. The molecule has 1 saturated heterocycles. The summed E-state index contributed by atoms with van der Waals surface area (Å²) in [6.07, 6.45) is 1.47. The third kappa shape index (κ3) is 5.25. The molecule has 2 heterocycles. The molecular weight excluding hydrogens is 406 g/mol. The Morgan fingerprint density at radius 2 is 1.93 bits per heavy atom. The maximum Gasteiger partial charge on any atom is 0.348 e. The Labute approximate surface area is 179 Å². The number of hydrogen-bond donors (Lipinski definition) is 1. The Morgan fingerprint density at radius 3 is 2.60 bits per heavy atom. The van der Waals surface area contributed by atoms with E-state index in [2.05, 4.69) is 5.32 Å². The Bertz CT molecular complexity index is 902. The maximum atomic E-state index is 12.6. The van der Waals surface area contributed by atoms with Crippen molar-refractivity contribution in [2.75, 3.05) is 25.1 Å². The molecule has 1 unspecified atom stereocenters. The largest absolute Gasteiger partial charge is 0.462 e. The summed E-state index contributed by atoms with van der Waals surface area (Å²) in [4.78, 5) is 37.9. The summed E-state index contributed by atoms with van der Waals surface area (Å²) in [6, 6.07) is 9.70. The van der Waals surface area contributed by atoms with Gasteiger partial charge in [-0.05, 0) is 37.8 Å². The highest BCUT2D eigenvalue weighted by Gasteiger charge is 2.30. The van der Waals surface area contributed by atoms with Crippen LogP contribution in [0.1, 0.15) is 50.9 Å². The number of ether oxygens (including phenoxy) is 3. The molecule has 1 amide bonds. The SMILES string of the molecule is CCOC(=O)c1c(NC(=O)C2CCCO2)sc(C(=O)OCCc2ccccc2)c1C. The lowest BCUT2D eigenvalue weighted by molar-refractivity contribution is -0.124. The molecule has 30 heavy (non-hydrogen) atoms. The quantitative estimate of drug-likeness (QED) is 0.640. The lowest BCUT2D eigenvalue weighted by Gasteiger charge is -2.10. The van der Waals surface area contributed by atoms with E-state index in [4.69, 9.17) is 14.2 Å². The number of carbonyl (C=O) groups is 3. The normalized spacial score (nSPS) is 15.6. The highest BCUT2D eigenvalue weighted by atomic mass is 32.1. The summed E-state index contributed by atoms with van der Waals surface area (Å²) in [5.74, 6) is -1.45. The molecule has 0 bridgehead atoms. The summed E-state index contributed by atoms with van der Waals surface area (Å²) in [6.45, 7) is 4.28. The fraction of sp³-hybridized carbons (Fsp3) is 0.409. The van der Waals surface area contributed by atoms with Crippen LogP contribution in [-0.2, 0) is 25.4 Å². The van der Waals surface area contributed by atoms with Gasteiger partial charge in [-0.25, -0.2) is 9.59 Å². The van der Waals surface area contributed by atoms with Crippen molar-refractivity contribution >= 4 is 34.2 Å². The predicted molar refractivity (Wildman–Crippen MR) is 113 cm³/mol. The molecule has 1 aromatic heterocycles. The second-order valence-corrected chi connectivity index (χ2v) is 7.86. The van der Waals surface area contributed by atoms with E-state index in [0.717, 1.165) is 23.3 Å². The molecule has 0 spiro atoms. The third-order valence-electron chi connectivity index (χ3n) is 4.74.